The Morgan fingerprint density at radius 1 is 1.00 bits per heavy atom. The summed E-state index contributed by atoms with van der Waals surface area (Å²) in [7, 11) is 4.29. The molecule has 0 spiro atoms. The van der Waals surface area contributed by atoms with Gasteiger partial charge >= 0.3 is 12.0 Å². The minimum absolute atomic E-state index is 0.00592. The van der Waals surface area contributed by atoms with Crippen LogP contribution in [0.25, 0.3) is 0 Å². The molecule has 35 heavy (non-hydrogen) atoms. The Kier molecular flexibility index (Phi) is 8.46. The average molecular weight is 501 g/mol. The molecule has 3 rings (SSSR count). The minimum Gasteiger partial charge on any atom is -0.493 e. The molecule has 0 fully saturated rings. The van der Waals surface area contributed by atoms with Gasteiger partial charge in [0.1, 0.15) is 0 Å². The van der Waals surface area contributed by atoms with E-state index in [0.717, 1.165) is 16.3 Å². The van der Waals surface area contributed by atoms with Crippen molar-refractivity contribution in [3.8, 4) is 17.2 Å². The first-order chi connectivity index (χ1) is 16.9. The number of hydrogen-bond donors (Lipinski definition) is 2. The summed E-state index contributed by atoms with van der Waals surface area (Å²) in [6.07, 6.45) is 0. The Morgan fingerprint density at radius 3 is 2.23 bits per heavy atom. The maximum Gasteiger partial charge on any atom is 0.357 e. The van der Waals surface area contributed by atoms with Gasteiger partial charge in [0, 0.05) is 16.6 Å². The number of methoxy groups -OCH3 is 3. The summed E-state index contributed by atoms with van der Waals surface area (Å²) in [6.45, 7) is 1.84. The molecule has 0 radical (unpaired) electrons. The summed E-state index contributed by atoms with van der Waals surface area (Å²) in [6, 6.07) is 10.8. The molecule has 0 aliphatic carbocycles. The molecule has 1 aromatic heterocycles. The lowest BCUT2D eigenvalue weighted by Gasteiger charge is -2.21. The quantitative estimate of drug-likeness (QED) is 0.354. The van der Waals surface area contributed by atoms with Crippen LogP contribution in [0, 0.1) is 0 Å². The second kappa shape index (κ2) is 11.7. The average Bonchev–Trinajstić information content (AvgIpc) is 3.37. The van der Waals surface area contributed by atoms with Crippen LogP contribution >= 0.6 is 11.3 Å². The van der Waals surface area contributed by atoms with Crippen molar-refractivity contribution in [3.63, 3.8) is 0 Å². The van der Waals surface area contributed by atoms with E-state index in [0.29, 0.717) is 11.4 Å². The molecule has 0 unspecified atom stereocenters. The van der Waals surface area contributed by atoms with Gasteiger partial charge in [-0.2, -0.15) is 5.01 Å². The van der Waals surface area contributed by atoms with Crippen LogP contribution < -0.4 is 30.0 Å². The smallest absolute Gasteiger partial charge is 0.357 e. The second-order valence-corrected chi connectivity index (χ2v) is 7.56. The van der Waals surface area contributed by atoms with Crippen molar-refractivity contribution in [2.75, 3.05) is 38.3 Å². The summed E-state index contributed by atoms with van der Waals surface area (Å²) in [5, 5.41) is 5.06. The number of esters is 1. The second-order valence-electron chi connectivity index (χ2n) is 6.72. The Morgan fingerprint density at radius 2 is 1.66 bits per heavy atom. The van der Waals surface area contributed by atoms with Gasteiger partial charge in [-0.3, -0.25) is 10.2 Å². The zero-order chi connectivity index (χ0) is 25.4. The third-order valence-corrected chi connectivity index (χ3v) is 5.36. The lowest BCUT2D eigenvalue weighted by atomic mass is 10.1. The molecule has 2 aromatic carbocycles. The van der Waals surface area contributed by atoms with Gasteiger partial charge in [0.15, 0.2) is 17.2 Å². The van der Waals surface area contributed by atoms with Gasteiger partial charge in [0.25, 0.3) is 5.91 Å². The summed E-state index contributed by atoms with van der Waals surface area (Å²) in [4.78, 5) is 42.5. The van der Waals surface area contributed by atoms with Gasteiger partial charge < -0.3 is 24.3 Å². The van der Waals surface area contributed by atoms with E-state index in [2.05, 4.69) is 15.7 Å². The number of para-hydroxylation sites is 1. The van der Waals surface area contributed by atoms with Crippen molar-refractivity contribution >= 4 is 40.1 Å². The molecular weight excluding hydrogens is 476 g/mol. The Balaban J connectivity index is 1.94. The van der Waals surface area contributed by atoms with E-state index >= 15 is 0 Å². The molecule has 11 nitrogen and oxygen atoms in total. The van der Waals surface area contributed by atoms with Crippen LogP contribution in [0.5, 0.6) is 17.2 Å². The van der Waals surface area contributed by atoms with Crippen LogP contribution in [-0.2, 0) is 4.74 Å². The molecule has 12 heteroatoms. The molecule has 2 N–H and O–H groups in total. The van der Waals surface area contributed by atoms with Gasteiger partial charge in [-0.1, -0.05) is 18.2 Å². The molecule has 3 amide bonds. The first-order valence-corrected chi connectivity index (χ1v) is 11.2. The number of anilines is 2. The number of amides is 3. The molecule has 0 aliphatic heterocycles. The molecule has 0 aliphatic rings. The Labute approximate surface area is 205 Å². The predicted octanol–water partition coefficient (Wildman–Crippen LogP) is 3.73. The molecule has 3 aromatic rings. The van der Waals surface area contributed by atoms with Crippen molar-refractivity contribution in [1.82, 2.24) is 10.4 Å². The van der Waals surface area contributed by atoms with Crippen molar-refractivity contribution in [2.24, 2.45) is 0 Å². The van der Waals surface area contributed by atoms with Crippen LogP contribution in [0.15, 0.2) is 47.8 Å². The normalized spacial score (nSPS) is 10.2. The number of nitrogens with zero attached hydrogens (tertiary/aromatic N) is 2. The Hall–Kier alpha value is -4.32. The highest BCUT2D eigenvalue weighted by atomic mass is 32.1. The van der Waals surface area contributed by atoms with E-state index in [1.165, 1.54) is 38.8 Å². The number of hydrogen-bond acceptors (Lipinski definition) is 9. The zero-order valence-electron chi connectivity index (χ0n) is 19.5. The number of rotatable bonds is 8. The molecule has 184 valence electrons. The first kappa shape index (κ1) is 25.3. The first-order valence-electron chi connectivity index (χ1n) is 10.3. The van der Waals surface area contributed by atoms with Crippen LogP contribution in [0.4, 0.5) is 15.6 Å². The number of carbonyl (C=O) groups is 3. The summed E-state index contributed by atoms with van der Waals surface area (Å²) in [5.74, 6) is -0.480. The highest BCUT2D eigenvalue weighted by Crippen LogP contribution is 2.38. The number of aromatic nitrogens is 1. The highest BCUT2D eigenvalue weighted by Gasteiger charge is 2.26. The molecule has 1 heterocycles. The topological polar surface area (TPSA) is 128 Å². The van der Waals surface area contributed by atoms with Gasteiger partial charge in [0.2, 0.25) is 10.9 Å². The van der Waals surface area contributed by atoms with E-state index in [1.807, 2.05) is 0 Å². The number of benzene rings is 2. The number of carbonyl (C=O) groups excluding carboxylic acids is 3. The van der Waals surface area contributed by atoms with Crippen LogP contribution in [0.1, 0.15) is 27.8 Å². The SMILES string of the molecule is CCOC(=O)c1csc(N(NC(=O)c2cc(OC)c(OC)c(OC)c2)C(=O)Nc2ccccc2)n1. The Bertz CT molecular complexity index is 1170. The number of urea groups is 1. The van der Waals surface area contributed by atoms with E-state index in [-0.39, 0.29) is 34.5 Å². The van der Waals surface area contributed by atoms with Crippen molar-refractivity contribution in [1.29, 1.82) is 0 Å². The zero-order valence-corrected chi connectivity index (χ0v) is 20.3. The van der Waals surface area contributed by atoms with Crippen molar-refractivity contribution in [2.45, 2.75) is 6.92 Å². The standard InChI is InChI=1S/C23H24N4O7S/c1-5-34-21(29)16-13-35-23(25-16)27(22(30)24-15-9-7-6-8-10-15)26-20(28)14-11-17(31-2)19(33-4)18(12-14)32-3/h6-13H,5H2,1-4H3,(H,24,30)(H,26,28). The van der Waals surface area contributed by atoms with E-state index in [4.69, 9.17) is 18.9 Å². The summed E-state index contributed by atoms with van der Waals surface area (Å²) >= 11 is 0.978. The molecule has 0 bridgehead atoms. The summed E-state index contributed by atoms with van der Waals surface area (Å²) in [5.41, 5.74) is 3.14. The maximum absolute atomic E-state index is 13.2. The van der Waals surface area contributed by atoms with E-state index in [9.17, 15) is 14.4 Å². The van der Waals surface area contributed by atoms with Crippen molar-refractivity contribution < 1.29 is 33.3 Å². The monoisotopic (exact) mass is 500 g/mol. The largest absolute Gasteiger partial charge is 0.493 e. The third-order valence-electron chi connectivity index (χ3n) is 4.54. The van der Waals surface area contributed by atoms with Crippen LogP contribution in [0.3, 0.4) is 0 Å². The fraction of sp³-hybridized carbons (Fsp3) is 0.217. The lowest BCUT2D eigenvalue weighted by Crippen LogP contribution is -2.48. The fourth-order valence-corrected chi connectivity index (χ4v) is 3.68. The van der Waals surface area contributed by atoms with Gasteiger partial charge in [-0.25, -0.2) is 14.6 Å². The van der Waals surface area contributed by atoms with E-state index in [1.54, 1.807) is 37.3 Å². The van der Waals surface area contributed by atoms with E-state index < -0.39 is 17.9 Å². The fourth-order valence-electron chi connectivity index (χ4n) is 2.93. The van der Waals surface area contributed by atoms with Gasteiger partial charge in [-0.05, 0) is 31.2 Å². The number of thiazole rings is 1. The lowest BCUT2D eigenvalue weighted by molar-refractivity contribution is 0.0520. The molecule has 0 saturated heterocycles. The highest BCUT2D eigenvalue weighted by molar-refractivity contribution is 7.14. The van der Waals surface area contributed by atoms with Crippen LogP contribution in [-0.4, -0.2) is 50.8 Å². The summed E-state index contributed by atoms with van der Waals surface area (Å²) < 4.78 is 20.8. The van der Waals surface area contributed by atoms with Gasteiger partial charge in [0.05, 0.1) is 27.9 Å². The van der Waals surface area contributed by atoms with Crippen LogP contribution in [0.2, 0.25) is 0 Å². The molecule has 0 saturated carbocycles. The number of ether oxygens (including phenoxy) is 4. The number of nitrogens with one attached hydrogen (secondary N) is 2. The number of hydrazine groups is 1. The predicted molar refractivity (Wildman–Crippen MR) is 130 cm³/mol. The molecular formula is C23H24N4O7S. The third kappa shape index (κ3) is 5.98. The van der Waals surface area contributed by atoms with Gasteiger partial charge in [-0.15, -0.1) is 11.3 Å². The minimum atomic E-state index is -0.707. The molecule has 0 atom stereocenters. The van der Waals surface area contributed by atoms with Crippen molar-refractivity contribution in [3.05, 3.63) is 59.1 Å². The maximum atomic E-state index is 13.2.